The van der Waals surface area contributed by atoms with Gasteiger partial charge in [0.15, 0.2) is 6.10 Å². The van der Waals surface area contributed by atoms with Crippen LogP contribution < -0.4 is 19.7 Å². The highest BCUT2D eigenvalue weighted by Gasteiger charge is 2.32. The minimum absolute atomic E-state index is 0.0602. The molecule has 1 fully saturated rings. The molecule has 4 rings (SSSR count). The van der Waals surface area contributed by atoms with E-state index in [-0.39, 0.29) is 17.7 Å². The number of fused-ring (bicyclic) bond motifs is 1. The number of rotatable bonds is 6. The predicted molar refractivity (Wildman–Crippen MR) is 116 cm³/mol. The Labute approximate surface area is 177 Å². The quantitative estimate of drug-likeness (QED) is 0.769. The van der Waals surface area contributed by atoms with Gasteiger partial charge >= 0.3 is 0 Å². The van der Waals surface area contributed by atoms with Crippen molar-refractivity contribution in [2.75, 3.05) is 23.4 Å². The van der Waals surface area contributed by atoms with Crippen molar-refractivity contribution in [3.8, 4) is 11.5 Å². The predicted octanol–water partition coefficient (Wildman–Crippen LogP) is 4.40. The van der Waals surface area contributed by atoms with Crippen molar-refractivity contribution >= 4 is 23.2 Å². The second kappa shape index (κ2) is 9.20. The second-order valence-electron chi connectivity index (χ2n) is 7.92. The SMILES string of the molecule is CC1Oc2ccc(NC(=O)C3CCCCC3)cc2N(CCOc2ccccc2)C1=O. The number of para-hydroxylation sites is 1. The molecule has 1 aliphatic heterocycles. The maximum atomic E-state index is 12.8. The van der Waals surface area contributed by atoms with Gasteiger partial charge < -0.3 is 19.7 Å². The lowest BCUT2D eigenvalue weighted by Gasteiger charge is -2.33. The summed E-state index contributed by atoms with van der Waals surface area (Å²) in [6, 6.07) is 15.0. The van der Waals surface area contributed by atoms with Crippen LogP contribution in [-0.4, -0.2) is 31.1 Å². The first-order valence-corrected chi connectivity index (χ1v) is 10.7. The van der Waals surface area contributed by atoms with E-state index in [0.717, 1.165) is 31.4 Å². The van der Waals surface area contributed by atoms with E-state index in [1.54, 1.807) is 11.8 Å². The average Bonchev–Trinajstić information content (AvgIpc) is 2.78. The Morgan fingerprint density at radius 3 is 2.67 bits per heavy atom. The van der Waals surface area contributed by atoms with Gasteiger partial charge in [-0.05, 0) is 50.1 Å². The molecule has 1 saturated carbocycles. The van der Waals surface area contributed by atoms with E-state index in [1.807, 2.05) is 48.5 Å². The van der Waals surface area contributed by atoms with Gasteiger partial charge in [0.05, 0.1) is 12.2 Å². The summed E-state index contributed by atoms with van der Waals surface area (Å²) in [5.74, 6) is 1.42. The summed E-state index contributed by atoms with van der Waals surface area (Å²) < 4.78 is 11.5. The van der Waals surface area contributed by atoms with Crippen LogP contribution in [-0.2, 0) is 9.59 Å². The van der Waals surface area contributed by atoms with Gasteiger partial charge in [0.25, 0.3) is 5.91 Å². The molecule has 0 spiro atoms. The zero-order valence-corrected chi connectivity index (χ0v) is 17.3. The molecule has 2 aromatic rings. The molecule has 0 aromatic heterocycles. The van der Waals surface area contributed by atoms with Gasteiger partial charge in [-0.2, -0.15) is 0 Å². The fraction of sp³-hybridized carbons (Fsp3) is 0.417. The minimum Gasteiger partial charge on any atom is -0.492 e. The third kappa shape index (κ3) is 4.58. The van der Waals surface area contributed by atoms with Crippen LogP contribution in [0.25, 0.3) is 0 Å². The molecule has 1 atom stereocenters. The molecule has 1 unspecified atom stereocenters. The smallest absolute Gasteiger partial charge is 0.267 e. The number of hydrogen-bond acceptors (Lipinski definition) is 4. The van der Waals surface area contributed by atoms with E-state index in [4.69, 9.17) is 9.47 Å². The third-order valence-electron chi connectivity index (χ3n) is 5.74. The van der Waals surface area contributed by atoms with Crippen LogP contribution in [0.5, 0.6) is 11.5 Å². The van der Waals surface area contributed by atoms with E-state index in [0.29, 0.717) is 30.3 Å². The maximum Gasteiger partial charge on any atom is 0.267 e. The Morgan fingerprint density at radius 2 is 1.90 bits per heavy atom. The van der Waals surface area contributed by atoms with E-state index in [1.165, 1.54) is 6.42 Å². The number of benzene rings is 2. The van der Waals surface area contributed by atoms with Gasteiger partial charge in [-0.1, -0.05) is 37.5 Å². The summed E-state index contributed by atoms with van der Waals surface area (Å²) in [6.07, 6.45) is 4.75. The van der Waals surface area contributed by atoms with Gasteiger partial charge in [-0.25, -0.2) is 0 Å². The Balaban J connectivity index is 1.47. The average molecular weight is 408 g/mol. The molecular weight excluding hydrogens is 380 g/mol. The number of nitrogens with one attached hydrogen (secondary N) is 1. The Kier molecular flexibility index (Phi) is 6.21. The third-order valence-corrected chi connectivity index (χ3v) is 5.74. The summed E-state index contributed by atoms with van der Waals surface area (Å²) >= 11 is 0. The number of carbonyl (C=O) groups excluding carboxylic acids is 2. The number of carbonyl (C=O) groups is 2. The monoisotopic (exact) mass is 408 g/mol. The molecule has 1 N–H and O–H groups in total. The number of amides is 2. The summed E-state index contributed by atoms with van der Waals surface area (Å²) in [4.78, 5) is 27.1. The number of ether oxygens (including phenoxy) is 2. The van der Waals surface area contributed by atoms with E-state index in [2.05, 4.69) is 5.32 Å². The molecule has 0 saturated heterocycles. The van der Waals surface area contributed by atoms with Gasteiger partial charge in [0, 0.05) is 11.6 Å². The van der Waals surface area contributed by atoms with Gasteiger partial charge in [0.2, 0.25) is 5.91 Å². The standard InChI is InChI=1S/C24H28N2O4/c1-17-24(28)26(14-15-29-20-10-6-3-7-11-20)21-16-19(12-13-22(21)30-17)25-23(27)18-8-4-2-5-9-18/h3,6-7,10-13,16-18H,2,4-5,8-9,14-15H2,1H3,(H,25,27). The molecule has 2 aromatic carbocycles. The molecule has 0 bridgehead atoms. The summed E-state index contributed by atoms with van der Waals surface area (Å²) in [6.45, 7) is 2.50. The summed E-state index contributed by atoms with van der Waals surface area (Å²) in [5.41, 5.74) is 1.35. The summed E-state index contributed by atoms with van der Waals surface area (Å²) in [5, 5.41) is 3.03. The van der Waals surface area contributed by atoms with Crippen LogP contribution in [0.3, 0.4) is 0 Å². The van der Waals surface area contributed by atoms with Crippen molar-refractivity contribution < 1.29 is 19.1 Å². The summed E-state index contributed by atoms with van der Waals surface area (Å²) in [7, 11) is 0. The zero-order chi connectivity index (χ0) is 20.9. The first kappa shape index (κ1) is 20.3. The van der Waals surface area contributed by atoms with Crippen LogP contribution in [0.2, 0.25) is 0 Å². The lowest BCUT2D eigenvalue weighted by molar-refractivity contribution is -0.125. The number of anilines is 2. The van der Waals surface area contributed by atoms with Crippen LogP contribution in [0.15, 0.2) is 48.5 Å². The molecule has 6 heteroatoms. The van der Waals surface area contributed by atoms with Crippen molar-refractivity contribution in [3.63, 3.8) is 0 Å². The van der Waals surface area contributed by atoms with Crippen LogP contribution >= 0.6 is 0 Å². The second-order valence-corrected chi connectivity index (χ2v) is 7.92. The van der Waals surface area contributed by atoms with Gasteiger partial charge in [0.1, 0.15) is 18.1 Å². The molecule has 2 amide bonds. The fourth-order valence-corrected chi connectivity index (χ4v) is 4.10. The van der Waals surface area contributed by atoms with E-state index < -0.39 is 6.10 Å². The molecule has 158 valence electrons. The van der Waals surface area contributed by atoms with Crippen molar-refractivity contribution in [2.45, 2.75) is 45.1 Å². The normalized spacial score (nSPS) is 19.0. The Bertz CT molecular complexity index is 893. The van der Waals surface area contributed by atoms with Gasteiger partial charge in [-0.15, -0.1) is 0 Å². The van der Waals surface area contributed by atoms with Crippen LogP contribution in [0, 0.1) is 5.92 Å². The maximum absolute atomic E-state index is 12.8. The fourth-order valence-electron chi connectivity index (χ4n) is 4.10. The van der Waals surface area contributed by atoms with Crippen LogP contribution in [0.1, 0.15) is 39.0 Å². The van der Waals surface area contributed by atoms with Crippen molar-refractivity contribution in [2.24, 2.45) is 5.92 Å². The highest BCUT2D eigenvalue weighted by molar-refractivity contribution is 6.01. The number of hydrogen-bond donors (Lipinski definition) is 1. The van der Waals surface area contributed by atoms with E-state index in [9.17, 15) is 9.59 Å². The highest BCUT2D eigenvalue weighted by Crippen LogP contribution is 2.36. The molecule has 1 aliphatic carbocycles. The first-order chi connectivity index (χ1) is 14.6. The van der Waals surface area contributed by atoms with Crippen molar-refractivity contribution in [3.05, 3.63) is 48.5 Å². The molecule has 30 heavy (non-hydrogen) atoms. The molecule has 6 nitrogen and oxygen atoms in total. The van der Waals surface area contributed by atoms with Crippen LogP contribution in [0.4, 0.5) is 11.4 Å². The largest absolute Gasteiger partial charge is 0.492 e. The zero-order valence-electron chi connectivity index (χ0n) is 17.3. The Hall–Kier alpha value is -3.02. The lowest BCUT2D eigenvalue weighted by atomic mass is 9.88. The molecule has 2 aliphatic rings. The highest BCUT2D eigenvalue weighted by atomic mass is 16.5. The molecular formula is C24H28N2O4. The lowest BCUT2D eigenvalue weighted by Crippen LogP contribution is -2.46. The molecule has 1 heterocycles. The number of nitrogens with zero attached hydrogens (tertiary/aromatic N) is 1. The Morgan fingerprint density at radius 1 is 1.13 bits per heavy atom. The minimum atomic E-state index is -0.558. The first-order valence-electron chi connectivity index (χ1n) is 10.7. The molecule has 0 radical (unpaired) electrons. The van der Waals surface area contributed by atoms with E-state index >= 15 is 0 Å². The van der Waals surface area contributed by atoms with Crippen molar-refractivity contribution in [1.82, 2.24) is 0 Å². The van der Waals surface area contributed by atoms with Crippen molar-refractivity contribution in [1.29, 1.82) is 0 Å². The van der Waals surface area contributed by atoms with Gasteiger partial charge in [-0.3, -0.25) is 9.59 Å². The topological polar surface area (TPSA) is 67.9 Å².